The van der Waals surface area contributed by atoms with E-state index in [1.807, 2.05) is 43.3 Å². The minimum Gasteiger partial charge on any atom is -0.368 e. The summed E-state index contributed by atoms with van der Waals surface area (Å²) in [6, 6.07) is 14.9. The van der Waals surface area contributed by atoms with Gasteiger partial charge in [0.05, 0.1) is 0 Å². The number of hydrogen-bond acceptors (Lipinski definition) is 2. The van der Waals surface area contributed by atoms with Gasteiger partial charge in [0.2, 0.25) is 5.91 Å². The quantitative estimate of drug-likeness (QED) is 0.905. The molecular weight excluding hydrogens is 272 g/mol. The Labute approximate surface area is 123 Å². The number of halogens is 1. The zero-order chi connectivity index (χ0) is 14.8. The molecule has 1 amide bonds. The molecule has 104 valence electrons. The number of nitrogens with two attached hydrogens (primary N) is 1. The van der Waals surface area contributed by atoms with Crippen molar-refractivity contribution >= 4 is 23.2 Å². The van der Waals surface area contributed by atoms with Crippen molar-refractivity contribution in [1.82, 2.24) is 0 Å². The third-order valence-electron chi connectivity index (χ3n) is 3.34. The highest BCUT2D eigenvalue weighted by Crippen LogP contribution is 2.27. The molecule has 0 heterocycles. The number of benzene rings is 2. The van der Waals surface area contributed by atoms with E-state index in [0.717, 1.165) is 16.8 Å². The Hall–Kier alpha value is -2.00. The maximum atomic E-state index is 11.9. The summed E-state index contributed by atoms with van der Waals surface area (Å²) in [7, 11) is 0. The van der Waals surface area contributed by atoms with Crippen LogP contribution in [0.15, 0.2) is 48.5 Å². The molecule has 0 aliphatic carbocycles. The fourth-order valence-electron chi connectivity index (χ4n) is 2.02. The van der Waals surface area contributed by atoms with Gasteiger partial charge in [-0.15, -0.1) is 0 Å². The largest absolute Gasteiger partial charge is 0.368 e. The Morgan fingerprint density at radius 3 is 2.40 bits per heavy atom. The average Bonchev–Trinajstić information content (AvgIpc) is 2.39. The zero-order valence-corrected chi connectivity index (χ0v) is 12.2. The average molecular weight is 289 g/mol. The Bertz CT molecular complexity index is 625. The summed E-state index contributed by atoms with van der Waals surface area (Å²) in [6.45, 7) is 3.76. The summed E-state index contributed by atoms with van der Waals surface area (Å²) in [5, 5.41) is 3.77. The summed E-state index contributed by atoms with van der Waals surface area (Å²) in [6.07, 6.45) is 0. The van der Waals surface area contributed by atoms with Gasteiger partial charge in [-0.2, -0.15) is 0 Å². The normalized spacial score (nSPS) is 13.6. The molecule has 1 unspecified atom stereocenters. The second kappa shape index (κ2) is 5.55. The van der Waals surface area contributed by atoms with Crippen molar-refractivity contribution in [3.63, 3.8) is 0 Å². The molecule has 0 bridgehead atoms. The van der Waals surface area contributed by atoms with Gasteiger partial charge in [-0.25, -0.2) is 0 Å². The maximum absolute atomic E-state index is 11.9. The molecule has 0 aliphatic heterocycles. The third kappa shape index (κ3) is 2.94. The van der Waals surface area contributed by atoms with E-state index in [1.165, 1.54) is 0 Å². The fourth-order valence-corrected chi connectivity index (χ4v) is 2.21. The van der Waals surface area contributed by atoms with Gasteiger partial charge in [-0.3, -0.25) is 4.79 Å². The van der Waals surface area contributed by atoms with Crippen molar-refractivity contribution in [3.8, 4) is 0 Å². The molecule has 1 atom stereocenters. The first kappa shape index (κ1) is 14.4. The van der Waals surface area contributed by atoms with E-state index in [9.17, 15) is 4.79 Å². The lowest BCUT2D eigenvalue weighted by Gasteiger charge is -2.29. The summed E-state index contributed by atoms with van der Waals surface area (Å²) < 4.78 is 0. The first-order chi connectivity index (χ1) is 9.41. The van der Waals surface area contributed by atoms with Gasteiger partial charge in [0.25, 0.3) is 0 Å². The predicted octanol–water partition coefficient (Wildman–Crippen LogP) is 3.46. The molecule has 20 heavy (non-hydrogen) atoms. The number of amides is 1. The van der Waals surface area contributed by atoms with E-state index in [4.69, 9.17) is 17.3 Å². The first-order valence-corrected chi connectivity index (χ1v) is 6.70. The number of carbonyl (C=O) groups excluding carboxylic acids is 1. The molecule has 0 aliphatic rings. The Morgan fingerprint density at radius 2 is 1.85 bits per heavy atom. The second-order valence-electron chi connectivity index (χ2n) is 4.99. The van der Waals surface area contributed by atoms with Crippen molar-refractivity contribution in [3.05, 3.63) is 64.7 Å². The molecule has 2 rings (SSSR count). The minimum absolute atomic E-state index is 0.443. The molecule has 2 aromatic rings. The van der Waals surface area contributed by atoms with Crippen LogP contribution in [0.1, 0.15) is 18.1 Å². The summed E-state index contributed by atoms with van der Waals surface area (Å²) in [5.74, 6) is -0.443. The van der Waals surface area contributed by atoms with Crippen molar-refractivity contribution in [2.45, 2.75) is 19.4 Å². The molecule has 0 saturated carbocycles. The highest BCUT2D eigenvalue weighted by atomic mass is 35.5. The lowest BCUT2D eigenvalue weighted by molar-refractivity contribution is -0.122. The Balaban J connectivity index is 2.39. The van der Waals surface area contributed by atoms with Crippen molar-refractivity contribution in [1.29, 1.82) is 0 Å². The van der Waals surface area contributed by atoms with Gasteiger partial charge in [-0.1, -0.05) is 47.5 Å². The molecule has 4 heteroatoms. The van der Waals surface area contributed by atoms with Crippen LogP contribution in [0, 0.1) is 6.92 Å². The summed E-state index contributed by atoms with van der Waals surface area (Å²) in [5.41, 5.74) is 7.30. The molecular formula is C16H17ClN2O. The van der Waals surface area contributed by atoms with Gasteiger partial charge >= 0.3 is 0 Å². The van der Waals surface area contributed by atoms with E-state index in [0.29, 0.717) is 5.02 Å². The minimum atomic E-state index is -0.988. The van der Waals surface area contributed by atoms with E-state index in [1.54, 1.807) is 19.1 Å². The molecule has 2 aromatic carbocycles. The SMILES string of the molecule is Cc1ccc(C(C)(Nc2cccc(Cl)c2)C(N)=O)cc1. The summed E-state index contributed by atoms with van der Waals surface area (Å²) in [4.78, 5) is 11.9. The first-order valence-electron chi connectivity index (χ1n) is 6.32. The van der Waals surface area contributed by atoms with Crippen molar-refractivity contribution < 1.29 is 4.79 Å². The van der Waals surface area contributed by atoms with Gasteiger partial charge in [0.1, 0.15) is 5.54 Å². The maximum Gasteiger partial charge on any atom is 0.247 e. The van der Waals surface area contributed by atoms with Crippen molar-refractivity contribution in [2.75, 3.05) is 5.32 Å². The molecule has 3 nitrogen and oxygen atoms in total. The number of nitrogens with one attached hydrogen (secondary N) is 1. The van der Waals surface area contributed by atoms with E-state index in [-0.39, 0.29) is 0 Å². The van der Waals surface area contributed by atoms with Gasteiger partial charge < -0.3 is 11.1 Å². The lowest BCUT2D eigenvalue weighted by Crippen LogP contribution is -2.45. The van der Waals surface area contributed by atoms with Gasteiger partial charge in [0.15, 0.2) is 0 Å². The smallest absolute Gasteiger partial charge is 0.247 e. The van der Waals surface area contributed by atoms with E-state index in [2.05, 4.69) is 5.32 Å². The van der Waals surface area contributed by atoms with Gasteiger partial charge in [-0.05, 0) is 37.6 Å². The van der Waals surface area contributed by atoms with Crippen LogP contribution >= 0.6 is 11.6 Å². The van der Waals surface area contributed by atoms with Crippen LogP contribution in [0.4, 0.5) is 5.69 Å². The Kier molecular flexibility index (Phi) is 4.00. The zero-order valence-electron chi connectivity index (χ0n) is 11.5. The topological polar surface area (TPSA) is 55.1 Å². The number of anilines is 1. The number of carbonyl (C=O) groups is 1. The number of primary amides is 1. The molecule has 0 spiro atoms. The van der Waals surface area contributed by atoms with Crippen molar-refractivity contribution in [2.24, 2.45) is 5.73 Å². The molecule has 0 fully saturated rings. The van der Waals surface area contributed by atoms with Crippen LogP contribution in [-0.4, -0.2) is 5.91 Å². The monoisotopic (exact) mass is 288 g/mol. The van der Waals surface area contributed by atoms with Crippen LogP contribution in [-0.2, 0) is 10.3 Å². The third-order valence-corrected chi connectivity index (χ3v) is 3.58. The van der Waals surface area contributed by atoms with Crippen LogP contribution in [0.5, 0.6) is 0 Å². The molecule has 0 aromatic heterocycles. The van der Waals surface area contributed by atoms with Gasteiger partial charge in [0, 0.05) is 10.7 Å². The Morgan fingerprint density at radius 1 is 1.20 bits per heavy atom. The number of rotatable bonds is 4. The van der Waals surface area contributed by atoms with Crippen LogP contribution in [0.25, 0.3) is 0 Å². The van der Waals surface area contributed by atoms with Crippen LogP contribution in [0.2, 0.25) is 5.02 Å². The fraction of sp³-hybridized carbons (Fsp3) is 0.188. The molecule has 3 N–H and O–H groups in total. The highest BCUT2D eigenvalue weighted by molar-refractivity contribution is 6.30. The van der Waals surface area contributed by atoms with Crippen LogP contribution < -0.4 is 11.1 Å². The van der Waals surface area contributed by atoms with E-state index >= 15 is 0 Å². The number of hydrogen-bond donors (Lipinski definition) is 2. The standard InChI is InChI=1S/C16H17ClN2O/c1-11-6-8-12(9-7-11)16(2,15(18)20)19-14-5-3-4-13(17)10-14/h3-10,19H,1-2H3,(H2,18,20). The second-order valence-corrected chi connectivity index (χ2v) is 5.43. The lowest BCUT2D eigenvalue weighted by atomic mass is 9.90. The summed E-state index contributed by atoms with van der Waals surface area (Å²) >= 11 is 5.96. The molecule has 0 radical (unpaired) electrons. The van der Waals surface area contributed by atoms with E-state index < -0.39 is 11.4 Å². The van der Waals surface area contributed by atoms with Crippen LogP contribution in [0.3, 0.4) is 0 Å². The number of aryl methyl sites for hydroxylation is 1. The highest BCUT2D eigenvalue weighted by Gasteiger charge is 2.33. The predicted molar refractivity (Wildman–Crippen MR) is 82.8 cm³/mol. The molecule has 0 saturated heterocycles.